The second-order valence-corrected chi connectivity index (χ2v) is 5.52. The lowest BCUT2D eigenvalue weighted by molar-refractivity contribution is 0.270. The molecule has 1 fully saturated rings. The van der Waals surface area contributed by atoms with Crippen molar-refractivity contribution in [1.29, 1.82) is 0 Å². The molecule has 6 heteroatoms. The third-order valence-corrected chi connectivity index (χ3v) is 4.12. The summed E-state index contributed by atoms with van der Waals surface area (Å²) in [6.45, 7) is 9.46. The fraction of sp³-hybridized carbons (Fsp3) is 0.714. The number of aromatic nitrogens is 2. The zero-order chi connectivity index (χ0) is 14.7. The van der Waals surface area contributed by atoms with E-state index in [1.165, 1.54) is 19.4 Å². The third kappa shape index (κ3) is 3.02. The van der Waals surface area contributed by atoms with Gasteiger partial charge in [-0.15, -0.1) is 0 Å². The van der Waals surface area contributed by atoms with Crippen molar-refractivity contribution in [3.63, 3.8) is 0 Å². The Morgan fingerprint density at radius 1 is 1.40 bits per heavy atom. The molecule has 0 radical (unpaired) electrons. The van der Waals surface area contributed by atoms with Gasteiger partial charge in [-0.25, -0.2) is 15.8 Å². The molecule has 1 aromatic heterocycles. The van der Waals surface area contributed by atoms with Crippen LogP contribution in [-0.2, 0) is 0 Å². The van der Waals surface area contributed by atoms with Crippen LogP contribution in [0, 0.1) is 13.8 Å². The summed E-state index contributed by atoms with van der Waals surface area (Å²) in [7, 11) is 2.10. The average molecular weight is 278 g/mol. The predicted molar refractivity (Wildman–Crippen MR) is 82.9 cm³/mol. The van der Waals surface area contributed by atoms with Crippen LogP contribution < -0.4 is 16.2 Å². The number of likely N-dealkylation sites (tertiary alicyclic amines) is 1. The molecule has 0 aromatic carbocycles. The van der Waals surface area contributed by atoms with Gasteiger partial charge in [0, 0.05) is 25.2 Å². The van der Waals surface area contributed by atoms with E-state index >= 15 is 0 Å². The molecule has 1 aliphatic heterocycles. The highest BCUT2D eigenvalue weighted by Crippen LogP contribution is 2.24. The van der Waals surface area contributed by atoms with E-state index in [0.717, 1.165) is 30.3 Å². The Hall–Kier alpha value is -1.40. The number of aryl methyl sites for hydroxylation is 1. The molecule has 0 aliphatic carbocycles. The van der Waals surface area contributed by atoms with Crippen LogP contribution in [0.1, 0.15) is 31.2 Å². The highest BCUT2D eigenvalue weighted by Gasteiger charge is 2.25. The maximum Gasteiger partial charge on any atom is 0.148 e. The molecule has 1 aliphatic rings. The van der Waals surface area contributed by atoms with E-state index in [0.29, 0.717) is 11.9 Å². The first kappa shape index (κ1) is 15.0. The molecule has 0 saturated carbocycles. The molecule has 1 unspecified atom stereocenters. The van der Waals surface area contributed by atoms with Crippen molar-refractivity contribution in [1.82, 2.24) is 14.9 Å². The molecule has 1 aromatic rings. The molecule has 112 valence electrons. The van der Waals surface area contributed by atoms with Gasteiger partial charge in [0.1, 0.15) is 17.5 Å². The fourth-order valence-corrected chi connectivity index (χ4v) is 3.05. The van der Waals surface area contributed by atoms with Crippen LogP contribution in [-0.4, -0.2) is 47.6 Å². The largest absolute Gasteiger partial charge is 0.358 e. The molecule has 6 nitrogen and oxygen atoms in total. The molecule has 1 atom stereocenters. The summed E-state index contributed by atoms with van der Waals surface area (Å²) in [4.78, 5) is 13.7. The summed E-state index contributed by atoms with van der Waals surface area (Å²) < 4.78 is 0. The lowest BCUT2D eigenvalue weighted by Crippen LogP contribution is -2.39. The second kappa shape index (κ2) is 6.37. The number of nitrogen functional groups attached to an aromatic ring is 1. The molecule has 1 saturated heterocycles. The van der Waals surface area contributed by atoms with Gasteiger partial charge < -0.3 is 10.3 Å². The molecule has 0 spiro atoms. The quantitative estimate of drug-likeness (QED) is 0.625. The van der Waals surface area contributed by atoms with Crippen LogP contribution in [0.3, 0.4) is 0 Å². The lowest BCUT2D eigenvalue weighted by Gasteiger charge is -2.29. The number of nitrogens with two attached hydrogens (primary N) is 1. The van der Waals surface area contributed by atoms with Gasteiger partial charge in [0.05, 0.1) is 0 Å². The van der Waals surface area contributed by atoms with Gasteiger partial charge in [-0.2, -0.15) is 0 Å². The number of hydrazine groups is 1. The maximum atomic E-state index is 5.53. The average Bonchev–Trinajstić information content (AvgIpc) is 2.87. The molecular formula is C14H26N6. The summed E-state index contributed by atoms with van der Waals surface area (Å²) in [5.41, 5.74) is 3.66. The Morgan fingerprint density at radius 2 is 2.15 bits per heavy atom. The first-order chi connectivity index (χ1) is 9.56. The van der Waals surface area contributed by atoms with Crippen LogP contribution in [0.5, 0.6) is 0 Å². The van der Waals surface area contributed by atoms with Gasteiger partial charge in [0.2, 0.25) is 0 Å². The number of hydrogen-bond donors (Lipinski definition) is 2. The Labute approximate surface area is 121 Å². The van der Waals surface area contributed by atoms with Gasteiger partial charge >= 0.3 is 0 Å². The first-order valence-electron chi connectivity index (χ1n) is 7.33. The fourth-order valence-electron chi connectivity index (χ4n) is 3.05. The number of hydrogen-bond acceptors (Lipinski definition) is 6. The number of nitrogens with zero attached hydrogens (tertiary/aromatic N) is 4. The number of anilines is 2. The molecule has 3 N–H and O–H groups in total. The van der Waals surface area contributed by atoms with E-state index in [9.17, 15) is 0 Å². The molecule has 20 heavy (non-hydrogen) atoms. The van der Waals surface area contributed by atoms with Crippen molar-refractivity contribution in [2.24, 2.45) is 5.84 Å². The Balaban J connectivity index is 2.16. The first-order valence-corrected chi connectivity index (χ1v) is 7.33. The van der Waals surface area contributed by atoms with Gasteiger partial charge in [-0.3, -0.25) is 4.90 Å². The maximum absolute atomic E-state index is 5.53. The molecule has 2 heterocycles. The van der Waals surface area contributed by atoms with Crippen molar-refractivity contribution >= 4 is 11.6 Å². The van der Waals surface area contributed by atoms with Crippen molar-refractivity contribution in [2.45, 2.75) is 39.7 Å². The van der Waals surface area contributed by atoms with Gasteiger partial charge in [0.25, 0.3) is 0 Å². The summed E-state index contributed by atoms with van der Waals surface area (Å²) in [5.74, 6) is 7.94. The topological polar surface area (TPSA) is 70.3 Å². The van der Waals surface area contributed by atoms with Crippen molar-refractivity contribution in [3.8, 4) is 0 Å². The third-order valence-electron chi connectivity index (χ3n) is 4.12. The number of nitrogens with one attached hydrogen (secondary N) is 1. The zero-order valence-corrected chi connectivity index (χ0v) is 13.0. The zero-order valence-electron chi connectivity index (χ0n) is 13.0. The minimum Gasteiger partial charge on any atom is -0.358 e. The molecule has 0 amide bonds. The summed E-state index contributed by atoms with van der Waals surface area (Å²) in [6.07, 6.45) is 2.56. The standard InChI is InChI=1S/C14H26N6/c1-5-20-8-6-7-12(20)9-19(4)14-10(2)13(18-15)16-11(3)17-14/h12H,5-9,15H2,1-4H3,(H,16,17,18). The second-order valence-electron chi connectivity index (χ2n) is 5.52. The smallest absolute Gasteiger partial charge is 0.148 e. The Morgan fingerprint density at radius 3 is 2.80 bits per heavy atom. The molecule has 0 bridgehead atoms. The highest BCUT2D eigenvalue weighted by molar-refractivity contribution is 5.57. The van der Waals surface area contributed by atoms with Crippen LogP contribution in [0.2, 0.25) is 0 Å². The Kier molecular flexibility index (Phi) is 4.77. The van der Waals surface area contributed by atoms with E-state index in [4.69, 9.17) is 5.84 Å². The minimum absolute atomic E-state index is 0.619. The van der Waals surface area contributed by atoms with E-state index in [1.807, 2.05) is 13.8 Å². The van der Waals surface area contributed by atoms with Crippen molar-refractivity contribution in [2.75, 3.05) is 37.0 Å². The normalized spacial score (nSPS) is 19.4. The lowest BCUT2D eigenvalue weighted by atomic mass is 10.2. The van der Waals surface area contributed by atoms with E-state index in [-0.39, 0.29) is 0 Å². The van der Waals surface area contributed by atoms with Gasteiger partial charge in [0.15, 0.2) is 0 Å². The van der Waals surface area contributed by atoms with E-state index in [1.54, 1.807) is 0 Å². The van der Waals surface area contributed by atoms with Crippen molar-refractivity contribution in [3.05, 3.63) is 11.4 Å². The number of likely N-dealkylation sites (N-methyl/N-ethyl adjacent to an activating group) is 2. The predicted octanol–water partition coefficient (Wildman–Crippen LogP) is 1.30. The molecule has 2 rings (SSSR count). The van der Waals surface area contributed by atoms with Gasteiger partial charge in [-0.1, -0.05) is 6.92 Å². The van der Waals surface area contributed by atoms with E-state index < -0.39 is 0 Å². The summed E-state index contributed by atoms with van der Waals surface area (Å²) in [6, 6.07) is 0.619. The summed E-state index contributed by atoms with van der Waals surface area (Å²) >= 11 is 0. The van der Waals surface area contributed by atoms with Crippen LogP contribution in [0.4, 0.5) is 11.6 Å². The summed E-state index contributed by atoms with van der Waals surface area (Å²) in [5, 5.41) is 0. The van der Waals surface area contributed by atoms with E-state index in [2.05, 4.69) is 39.2 Å². The van der Waals surface area contributed by atoms with Crippen LogP contribution in [0.25, 0.3) is 0 Å². The molecular weight excluding hydrogens is 252 g/mol. The highest BCUT2D eigenvalue weighted by atomic mass is 15.3. The van der Waals surface area contributed by atoms with Crippen LogP contribution >= 0.6 is 0 Å². The number of rotatable bonds is 5. The van der Waals surface area contributed by atoms with Crippen molar-refractivity contribution < 1.29 is 0 Å². The van der Waals surface area contributed by atoms with Gasteiger partial charge in [-0.05, 0) is 39.8 Å². The SMILES string of the molecule is CCN1CCCC1CN(C)c1nc(C)nc(NN)c1C. The van der Waals surface area contributed by atoms with Crippen LogP contribution in [0.15, 0.2) is 0 Å². The Bertz CT molecular complexity index is 461. The monoisotopic (exact) mass is 278 g/mol. The minimum atomic E-state index is 0.619.